The van der Waals surface area contributed by atoms with Crippen LogP contribution in [0.3, 0.4) is 0 Å². The summed E-state index contributed by atoms with van der Waals surface area (Å²) in [5.74, 6) is 5.70. The number of nitrogens with zero attached hydrogens (tertiary/aromatic N) is 7. The molecule has 3 saturated heterocycles. The average Bonchev–Trinajstić information content (AvgIpc) is 3.90. The van der Waals surface area contributed by atoms with Gasteiger partial charge in [-0.25, -0.2) is 9.37 Å². The number of rotatable bonds is 12. The molecule has 4 aromatic rings. The molecule has 1 unspecified atom stereocenters. The number of piperazine rings is 1. The Labute approximate surface area is 375 Å². The van der Waals surface area contributed by atoms with Gasteiger partial charge in [0, 0.05) is 104 Å². The number of aromatic nitrogens is 3. The third-order valence-electron chi connectivity index (χ3n) is 12.5. The predicted octanol–water partition coefficient (Wildman–Crippen LogP) is 5.88. The number of hydrogen-bond donors (Lipinski definition) is 2. The molecule has 2 aromatic carbocycles. The zero-order valence-electron chi connectivity index (χ0n) is 35.1. The van der Waals surface area contributed by atoms with Crippen LogP contribution < -0.4 is 15.8 Å². The van der Waals surface area contributed by atoms with Crippen LogP contribution in [0.2, 0.25) is 10.0 Å². The van der Waals surface area contributed by atoms with Crippen LogP contribution in [-0.2, 0) is 20.9 Å². The summed E-state index contributed by atoms with van der Waals surface area (Å²) in [7, 11) is 0. The number of carbonyl (C=O) groups excluding carboxylic acids is 4. The van der Waals surface area contributed by atoms with Gasteiger partial charge in [0.15, 0.2) is 11.6 Å². The maximum Gasteiger partial charge on any atom is 0.255 e. The van der Waals surface area contributed by atoms with E-state index in [1.54, 1.807) is 36.4 Å². The van der Waals surface area contributed by atoms with E-state index in [4.69, 9.17) is 33.7 Å². The van der Waals surface area contributed by atoms with Gasteiger partial charge in [-0.3, -0.25) is 39.0 Å². The number of nitrogen functional groups attached to an aromatic ring is 1. The summed E-state index contributed by atoms with van der Waals surface area (Å²) in [4.78, 5) is 63.0. The van der Waals surface area contributed by atoms with Crippen LogP contribution in [0.25, 0.3) is 11.1 Å². The summed E-state index contributed by atoms with van der Waals surface area (Å²) >= 11 is 12.5. The fourth-order valence-electron chi connectivity index (χ4n) is 8.82. The standard InChI is InChI=1S/C46H50Cl2FN9O5/c1-29(42-36(47)10-11-37(49)43(42)48)63-39-23-31(24-51-44(39)50)32-25-52-58(26-32)33-14-17-55(18-15-33)28-41(60)56-21-19-54(20-22-56)16-5-3-2-4-7-30-8-6-9-34-35(30)27-57(46(34)62)38-12-13-40(59)53-45(38)61/h6,8-11,23-26,29,33,38H,2-3,5,12-22,27-28H2,1H3,(H2,50,51)(H,53,59,61)/t29-,38?/m1/s1. The lowest BCUT2D eigenvalue weighted by molar-refractivity contribution is -0.137. The van der Waals surface area contributed by atoms with E-state index in [1.807, 2.05) is 27.9 Å². The van der Waals surface area contributed by atoms with Gasteiger partial charge in [0.2, 0.25) is 17.7 Å². The second-order valence-electron chi connectivity index (χ2n) is 16.6. The Morgan fingerprint density at radius 2 is 1.79 bits per heavy atom. The molecule has 3 N–H and O–H groups in total. The summed E-state index contributed by atoms with van der Waals surface area (Å²) < 4.78 is 22.2. The Kier molecular flexibility index (Phi) is 13.6. The highest BCUT2D eigenvalue weighted by Gasteiger charge is 2.39. The molecule has 8 rings (SSSR count). The Morgan fingerprint density at radius 3 is 2.57 bits per heavy atom. The lowest BCUT2D eigenvalue weighted by Crippen LogP contribution is -2.52. The molecule has 3 fully saturated rings. The molecule has 4 aliphatic rings. The third kappa shape index (κ3) is 10.00. The molecule has 2 aromatic heterocycles. The molecule has 4 amide bonds. The number of likely N-dealkylation sites (tertiary alicyclic amines) is 1. The lowest BCUT2D eigenvalue weighted by Gasteiger charge is -2.37. The van der Waals surface area contributed by atoms with Crippen molar-refractivity contribution in [2.24, 2.45) is 0 Å². The number of imide groups is 1. The molecule has 0 bridgehead atoms. The number of piperidine rings is 2. The molecule has 6 heterocycles. The van der Waals surface area contributed by atoms with Crippen LogP contribution in [0.15, 0.2) is 55.0 Å². The summed E-state index contributed by atoms with van der Waals surface area (Å²) in [6.07, 6.45) is 9.69. The van der Waals surface area contributed by atoms with Crippen LogP contribution in [0.1, 0.15) is 91.1 Å². The van der Waals surface area contributed by atoms with Crippen molar-refractivity contribution >= 4 is 52.6 Å². The summed E-state index contributed by atoms with van der Waals surface area (Å²) in [5.41, 5.74) is 10.3. The summed E-state index contributed by atoms with van der Waals surface area (Å²) in [5, 5.41) is 7.20. The summed E-state index contributed by atoms with van der Waals surface area (Å²) in [6.45, 7) is 8.12. The van der Waals surface area contributed by atoms with Crippen LogP contribution >= 0.6 is 23.2 Å². The van der Waals surface area contributed by atoms with Gasteiger partial charge in [-0.2, -0.15) is 5.10 Å². The first-order valence-electron chi connectivity index (χ1n) is 21.5. The number of amides is 4. The van der Waals surface area contributed by atoms with E-state index in [0.717, 1.165) is 100 Å². The number of benzene rings is 2. The fourth-order valence-corrected chi connectivity index (χ4v) is 9.50. The highest BCUT2D eigenvalue weighted by Crippen LogP contribution is 2.37. The smallest absolute Gasteiger partial charge is 0.255 e. The minimum atomic E-state index is -0.691. The average molecular weight is 899 g/mol. The first kappa shape index (κ1) is 44.1. The molecule has 17 heteroatoms. The lowest BCUT2D eigenvalue weighted by atomic mass is 10.0. The Morgan fingerprint density at radius 1 is 1.00 bits per heavy atom. The number of halogens is 3. The maximum absolute atomic E-state index is 14.2. The number of ether oxygens (including phenoxy) is 1. The van der Waals surface area contributed by atoms with Crippen LogP contribution in [-0.4, -0.2) is 116 Å². The molecule has 330 valence electrons. The first-order valence-corrected chi connectivity index (χ1v) is 22.3. The van der Waals surface area contributed by atoms with Gasteiger partial charge in [0.1, 0.15) is 18.0 Å². The molecule has 63 heavy (non-hydrogen) atoms. The number of hydrogen-bond acceptors (Lipinski definition) is 10. The van der Waals surface area contributed by atoms with Gasteiger partial charge in [0.05, 0.1) is 23.8 Å². The van der Waals surface area contributed by atoms with E-state index in [1.165, 1.54) is 12.1 Å². The van der Waals surface area contributed by atoms with E-state index in [-0.39, 0.29) is 46.0 Å². The number of fused-ring (bicyclic) bond motifs is 1. The molecule has 14 nitrogen and oxygen atoms in total. The molecular formula is C46H50Cl2FN9O5. The van der Waals surface area contributed by atoms with Crippen LogP contribution in [0.4, 0.5) is 10.2 Å². The van der Waals surface area contributed by atoms with Gasteiger partial charge in [-0.1, -0.05) is 41.1 Å². The molecule has 0 saturated carbocycles. The largest absolute Gasteiger partial charge is 0.482 e. The SMILES string of the molecule is C[C@@H](Oc1cc(-c2cnn(C3CCN(CC(=O)N4CCN(CCCCC#Cc5cccc6c5CN(C5CCC(=O)NC5=O)C6=O)CC4)CC3)c2)cnc1N)c1c(Cl)ccc(F)c1Cl. The number of pyridine rings is 1. The van der Waals surface area contributed by atoms with Gasteiger partial charge < -0.3 is 20.3 Å². The van der Waals surface area contributed by atoms with Crippen molar-refractivity contribution in [1.29, 1.82) is 0 Å². The number of anilines is 1. The van der Waals surface area contributed by atoms with Gasteiger partial charge in [0.25, 0.3) is 5.91 Å². The van der Waals surface area contributed by atoms with E-state index in [9.17, 15) is 23.6 Å². The van der Waals surface area contributed by atoms with Crippen molar-refractivity contribution in [3.63, 3.8) is 0 Å². The highest BCUT2D eigenvalue weighted by molar-refractivity contribution is 6.36. The maximum atomic E-state index is 14.2. The number of unbranched alkanes of at least 4 members (excludes halogenated alkanes) is 2. The minimum absolute atomic E-state index is 0.101. The van der Waals surface area contributed by atoms with Gasteiger partial charge in [-0.05, 0) is 81.5 Å². The van der Waals surface area contributed by atoms with Gasteiger partial charge in [-0.15, -0.1) is 0 Å². The fraction of sp³-hybridized carbons (Fsp3) is 0.435. The highest BCUT2D eigenvalue weighted by atomic mass is 35.5. The Bertz CT molecular complexity index is 2460. The van der Waals surface area contributed by atoms with Crippen molar-refractivity contribution in [2.45, 2.75) is 76.6 Å². The zero-order chi connectivity index (χ0) is 44.2. The summed E-state index contributed by atoms with van der Waals surface area (Å²) in [6, 6.07) is 9.48. The predicted molar refractivity (Wildman–Crippen MR) is 236 cm³/mol. The molecule has 0 radical (unpaired) electrons. The molecule has 0 aliphatic carbocycles. The number of nitrogens with one attached hydrogen (secondary N) is 1. The van der Waals surface area contributed by atoms with E-state index >= 15 is 0 Å². The second-order valence-corrected chi connectivity index (χ2v) is 17.3. The third-order valence-corrected chi connectivity index (χ3v) is 13.2. The quantitative estimate of drug-likeness (QED) is 0.0762. The Balaban J connectivity index is 0.738. The van der Waals surface area contributed by atoms with Crippen molar-refractivity contribution in [2.75, 3.05) is 58.1 Å². The minimum Gasteiger partial charge on any atom is -0.482 e. The van der Waals surface area contributed by atoms with E-state index in [2.05, 4.69) is 37.0 Å². The van der Waals surface area contributed by atoms with Crippen molar-refractivity contribution in [3.8, 4) is 28.7 Å². The molecule has 4 aliphatic heterocycles. The zero-order valence-corrected chi connectivity index (χ0v) is 36.6. The normalized spacial score (nSPS) is 19.1. The van der Waals surface area contributed by atoms with Crippen molar-refractivity contribution in [3.05, 3.63) is 93.1 Å². The molecule has 2 atom stereocenters. The first-order chi connectivity index (χ1) is 30.4. The molecule has 0 spiro atoms. The van der Waals surface area contributed by atoms with Crippen LogP contribution in [0.5, 0.6) is 5.75 Å². The Hall–Kier alpha value is -5.53. The van der Waals surface area contributed by atoms with Gasteiger partial charge >= 0.3 is 0 Å². The topological polar surface area (TPSA) is 159 Å². The number of carbonyl (C=O) groups is 4. The van der Waals surface area contributed by atoms with E-state index in [0.29, 0.717) is 36.4 Å². The second kappa shape index (κ2) is 19.5. The molecular weight excluding hydrogens is 848 g/mol. The van der Waals surface area contributed by atoms with Crippen LogP contribution in [0, 0.1) is 17.7 Å². The monoisotopic (exact) mass is 897 g/mol. The van der Waals surface area contributed by atoms with E-state index < -0.39 is 23.9 Å². The van der Waals surface area contributed by atoms with Crippen molar-refractivity contribution < 1.29 is 28.3 Å². The number of nitrogens with two attached hydrogens (primary N) is 1. The van der Waals surface area contributed by atoms with Crippen molar-refractivity contribution in [1.82, 2.24) is 39.7 Å².